The molecule has 0 aliphatic heterocycles. The summed E-state index contributed by atoms with van der Waals surface area (Å²) in [5.74, 6) is 0. The number of aromatic nitrogens is 1. The molecule has 1 heterocycles. The molecule has 1 aromatic heterocycles. The smallest absolute Gasteiger partial charge is 0.272 e. The Hall–Kier alpha value is -0.360. The SMILES string of the molecule is N#Cc1cccn1C(Cl)(Cl)Cl. The van der Waals surface area contributed by atoms with Crippen LogP contribution in [0.25, 0.3) is 0 Å². The van der Waals surface area contributed by atoms with Crippen LogP contribution in [0.3, 0.4) is 0 Å². The van der Waals surface area contributed by atoms with Crippen LogP contribution in [0.2, 0.25) is 0 Å². The average molecular weight is 209 g/mol. The van der Waals surface area contributed by atoms with Crippen LogP contribution in [0.15, 0.2) is 18.3 Å². The van der Waals surface area contributed by atoms with Crippen LogP contribution in [0.4, 0.5) is 0 Å². The Morgan fingerprint density at radius 3 is 2.45 bits per heavy atom. The van der Waals surface area contributed by atoms with Gasteiger partial charge in [0.15, 0.2) is 0 Å². The second kappa shape index (κ2) is 2.94. The Bertz CT molecular complexity index is 292. The van der Waals surface area contributed by atoms with Crippen molar-refractivity contribution >= 4 is 34.8 Å². The third-order valence-electron chi connectivity index (χ3n) is 1.14. The van der Waals surface area contributed by atoms with Gasteiger partial charge in [-0.25, -0.2) is 0 Å². The first-order valence-electron chi connectivity index (χ1n) is 2.70. The first kappa shape index (κ1) is 8.73. The summed E-state index contributed by atoms with van der Waals surface area (Å²) in [4.78, 5) is 0. The van der Waals surface area contributed by atoms with E-state index in [1.807, 2.05) is 6.07 Å². The van der Waals surface area contributed by atoms with Crippen molar-refractivity contribution in [3.05, 3.63) is 24.0 Å². The van der Waals surface area contributed by atoms with Gasteiger partial charge in [-0.15, -0.1) is 0 Å². The van der Waals surface area contributed by atoms with E-state index in [2.05, 4.69) is 0 Å². The molecule has 0 fully saturated rings. The van der Waals surface area contributed by atoms with E-state index >= 15 is 0 Å². The predicted molar refractivity (Wildman–Crippen MR) is 44.7 cm³/mol. The van der Waals surface area contributed by atoms with Gasteiger partial charge in [-0.05, 0) is 12.1 Å². The highest BCUT2D eigenvalue weighted by Gasteiger charge is 2.23. The molecule has 0 aliphatic carbocycles. The van der Waals surface area contributed by atoms with Crippen molar-refractivity contribution in [1.82, 2.24) is 4.57 Å². The van der Waals surface area contributed by atoms with E-state index < -0.39 is 3.92 Å². The molecule has 1 aromatic rings. The summed E-state index contributed by atoms with van der Waals surface area (Å²) >= 11 is 16.6. The molecule has 0 saturated heterocycles. The van der Waals surface area contributed by atoms with Gasteiger partial charge >= 0.3 is 0 Å². The van der Waals surface area contributed by atoms with Gasteiger partial charge in [-0.3, -0.25) is 4.57 Å². The summed E-state index contributed by atoms with van der Waals surface area (Å²) in [5.41, 5.74) is 0.324. The number of nitrogens with zero attached hydrogens (tertiary/aromatic N) is 2. The molecule has 0 radical (unpaired) electrons. The minimum atomic E-state index is -1.57. The standard InChI is InChI=1S/C6H3Cl3N2/c7-6(8,9)11-3-1-2-5(11)4-10/h1-3H. The van der Waals surface area contributed by atoms with Crippen molar-refractivity contribution in [1.29, 1.82) is 5.26 Å². The highest BCUT2D eigenvalue weighted by Crippen LogP contribution is 2.33. The monoisotopic (exact) mass is 208 g/mol. The van der Waals surface area contributed by atoms with Gasteiger partial charge in [0, 0.05) is 6.20 Å². The molecule has 0 saturated carbocycles. The largest absolute Gasteiger partial charge is 0.294 e. The summed E-state index contributed by atoms with van der Waals surface area (Å²) in [6.45, 7) is 0. The van der Waals surface area contributed by atoms with E-state index in [9.17, 15) is 0 Å². The first-order chi connectivity index (χ1) is 5.05. The van der Waals surface area contributed by atoms with Crippen LogP contribution in [0, 0.1) is 11.3 Å². The molecule has 0 unspecified atom stereocenters. The van der Waals surface area contributed by atoms with E-state index in [-0.39, 0.29) is 0 Å². The number of rotatable bonds is 0. The lowest BCUT2D eigenvalue weighted by atomic mass is 10.5. The minimum absolute atomic E-state index is 0.324. The molecule has 0 aliphatic rings. The molecule has 0 amide bonds. The Labute approximate surface area is 78.9 Å². The quantitative estimate of drug-likeness (QED) is 0.604. The second-order valence-corrected chi connectivity index (χ2v) is 4.06. The van der Waals surface area contributed by atoms with Crippen LogP contribution in [0.5, 0.6) is 0 Å². The molecular formula is C6H3Cl3N2. The van der Waals surface area contributed by atoms with Crippen molar-refractivity contribution in [2.45, 2.75) is 3.92 Å². The lowest BCUT2D eigenvalue weighted by molar-refractivity contribution is 0.783. The van der Waals surface area contributed by atoms with Crippen molar-refractivity contribution in [3.8, 4) is 6.07 Å². The van der Waals surface area contributed by atoms with Gasteiger partial charge in [0.25, 0.3) is 3.92 Å². The fourth-order valence-corrected chi connectivity index (χ4v) is 1.14. The van der Waals surface area contributed by atoms with Crippen molar-refractivity contribution in [3.63, 3.8) is 0 Å². The average Bonchev–Trinajstić information content (AvgIpc) is 2.31. The summed E-state index contributed by atoms with van der Waals surface area (Å²) in [6, 6.07) is 5.10. The molecule has 0 atom stereocenters. The molecule has 0 bridgehead atoms. The predicted octanol–water partition coefficient (Wildman–Crippen LogP) is 2.64. The summed E-state index contributed by atoms with van der Waals surface area (Å²) in [7, 11) is 0. The Morgan fingerprint density at radius 2 is 2.09 bits per heavy atom. The zero-order chi connectivity index (χ0) is 8.48. The van der Waals surface area contributed by atoms with Crippen LogP contribution in [-0.4, -0.2) is 4.57 Å². The van der Waals surface area contributed by atoms with Crippen molar-refractivity contribution < 1.29 is 0 Å². The zero-order valence-electron chi connectivity index (χ0n) is 5.26. The molecule has 0 aromatic carbocycles. The van der Waals surface area contributed by atoms with Crippen LogP contribution in [0.1, 0.15) is 5.69 Å². The lowest BCUT2D eigenvalue weighted by Crippen LogP contribution is -2.12. The third kappa shape index (κ3) is 1.81. The van der Waals surface area contributed by atoms with Gasteiger partial charge in [-0.2, -0.15) is 5.26 Å². The summed E-state index contributed by atoms with van der Waals surface area (Å²) in [5, 5.41) is 8.52. The number of hydrogen-bond donors (Lipinski definition) is 0. The van der Waals surface area contributed by atoms with E-state index in [1.165, 1.54) is 10.8 Å². The molecule has 5 heteroatoms. The van der Waals surface area contributed by atoms with Crippen molar-refractivity contribution in [2.75, 3.05) is 0 Å². The lowest BCUT2D eigenvalue weighted by Gasteiger charge is -2.13. The maximum atomic E-state index is 8.52. The van der Waals surface area contributed by atoms with E-state index in [0.29, 0.717) is 5.69 Å². The maximum Gasteiger partial charge on any atom is 0.272 e. The van der Waals surface area contributed by atoms with Crippen LogP contribution >= 0.6 is 34.8 Å². The molecule has 0 spiro atoms. The zero-order valence-corrected chi connectivity index (χ0v) is 7.53. The highest BCUT2D eigenvalue weighted by atomic mass is 35.6. The van der Waals surface area contributed by atoms with Gasteiger partial charge in [0.05, 0.1) is 0 Å². The Morgan fingerprint density at radius 1 is 1.45 bits per heavy atom. The fraction of sp³-hybridized carbons (Fsp3) is 0.167. The summed E-state index contributed by atoms with van der Waals surface area (Å²) < 4.78 is -0.313. The number of alkyl halides is 3. The van der Waals surface area contributed by atoms with Gasteiger partial charge in [0.2, 0.25) is 0 Å². The number of halogens is 3. The highest BCUT2D eigenvalue weighted by molar-refractivity contribution is 6.64. The van der Waals surface area contributed by atoms with Gasteiger partial charge in [0.1, 0.15) is 11.8 Å². The third-order valence-corrected chi connectivity index (χ3v) is 1.68. The molecule has 58 valence electrons. The molecular weight excluding hydrogens is 206 g/mol. The molecule has 1 rings (SSSR count). The minimum Gasteiger partial charge on any atom is -0.294 e. The Kier molecular flexibility index (Phi) is 2.34. The Balaban J connectivity index is 3.15. The maximum absolute atomic E-state index is 8.52. The summed E-state index contributed by atoms with van der Waals surface area (Å²) in [6.07, 6.45) is 1.53. The number of hydrogen-bond acceptors (Lipinski definition) is 1. The topological polar surface area (TPSA) is 28.7 Å². The van der Waals surface area contributed by atoms with Crippen molar-refractivity contribution in [2.24, 2.45) is 0 Å². The van der Waals surface area contributed by atoms with E-state index in [0.717, 1.165) is 0 Å². The molecule has 11 heavy (non-hydrogen) atoms. The van der Waals surface area contributed by atoms with Gasteiger partial charge < -0.3 is 0 Å². The van der Waals surface area contributed by atoms with Crippen LogP contribution < -0.4 is 0 Å². The molecule has 0 N–H and O–H groups in total. The normalized spacial score (nSPS) is 11.1. The van der Waals surface area contributed by atoms with E-state index in [1.54, 1.807) is 12.1 Å². The fourth-order valence-electron chi connectivity index (χ4n) is 0.693. The number of nitriles is 1. The second-order valence-electron chi connectivity index (χ2n) is 1.84. The first-order valence-corrected chi connectivity index (χ1v) is 3.84. The molecule has 2 nitrogen and oxygen atoms in total. The van der Waals surface area contributed by atoms with Gasteiger partial charge in [-0.1, -0.05) is 34.8 Å². The van der Waals surface area contributed by atoms with E-state index in [4.69, 9.17) is 40.1 Å². The van der Waals surface area contributed by atoms with Crippen LogP contribution in [-0.2, 0) is 3.92 Å².